The third-order valence-corrected chi connectivity index (χ3v) is 6.34. The summed E-state index contributed by atoms with van der Waals surface area (Å²) in [4.78, 5) is 24.5. The lowest BCUT2D eigenvalue weighted by molar-refractivity contribution is -0.122. The molecule has 3 aromatic carbocycles. The number of hydrogen-bond donors (Lipinski definition) is 2. The van der Waals surface area contributed by atoms with Crippen LogP contribution in [0.15, 0.2) is 78.9 Å². The minimum atomic E-state index is -0.409. The Kier molecular flexibility index (Phi) is 7.18. The smallest absolute Gasteiger partial charge is 0.220 e. The Morgan fingerprint density at radius 3 is 2.33 bits per heavy atom. The van der Waals surface area contributed by atoms with Crippen molar-refractivity contribution in [1.82, 2.24) is 10.6 Å². The van der Waals surface area contributed by atoms with Crippen LogP contribution in [0.5, 0.6) is 0 Å². The molecule has 1 heterocycles. The highest BCUT2D eigenvalue weighted by molar-refractivity contribution is 5.80. The van der Waals surface area contributed by atoms with E-state index in [0.29, 0.717) is 44.2 Å². The van der Waals surface area contributed by atoms with Gasteiger partial charge in [0, 0.05) is 24.9 Å². The fourth-order valence-electron chi connectivity index (χ4n) is 4.50. The van der Waals surface area contributed by atoms with Crippen LogP contribution in [-0.2, 0) is 22.4 Å². The van der Waals surface area contributed by atoms with Gasteiger partial charge in [-0.05, 0) is 54.0 Å². The van der Waals surface area contributed by atoms with E-state index in [1.165, 1.54) is 11.6 Å². The molecular formula is C28H29FN2O2. The molecule has 0 bridgehead atoms. The second-order valence-corrected chi connectivity index (χ2v) is 8.76. The van der Waals surface area contributed by atoms with Crippen molar-refractivity contribution in [2.24, 2.45) is 0 Å². The van der Waals surface area contributed by atoms with Crippen LogP contribution in [0.2, 0.25) is 0 Å². The lowest BCUT2D eigenvalue weighted by Gasteiger charge is -2.29. The summed E-state index contributed by atoms with van der Waals surface area (Å²) in [5, 5.41) is 6.02. The zero-order chi connectivity index (χ0) is 23.1. The van der Waals surface area contributed by atoms with E-state index in [-0.39, 0.29) is 17.6 Å². The molecule has 1 saturated heterocycles. The molecule has 2 N–H and O–H groups in total. The van der Waals surface area contributed by atoms with Gasteiger partial charge in [0.2, 0.25) is 11.8 Å². The fraction of sp³-hybridized carbons (Fsp3) is 0.286. The first-order chi connectivity index (χ1) is 16.0. The molecule has 0 saturated carbocycles. The average molecular weight is 445 g/mol. The summed E-state index contributed by atoms with van der Waals surface area (Å²) < 4.78 is 13.7. The molecule has 33 heavy (non-hydrogen) atoms. The Morgan fingerprint density at radius 2 is 1.64 bits per heavy atom. The number of carbonyl (C=O) groups is 2. The highest BCUT2D eigenvalue weighted by Gasteiger charge is 2.37. The Balaban J connectivity index is 1.33. The van der Waals surface area contributed by atoms with Gasteiger partial charge >= 0.3 is 0 Å². The Hall–Kier alpha value is -3.47. The van der Waals surface area contributed by atoms with E-state index in [2.05, 4.69) is 47.0 Å². The average Bonchev–Trinajstić information content (AvgIpc) is 3.20. The monoisotopic (exact) mass is 444 g/mol. The first kappa shape index (κ1) is 22.7. The van der Waals surface area contributed by atoms with Gasteiger partial charge in [0.05, 0.1) is 0 Å². The molecule has 0 radical (unpaired) electrons. The molecule has 5 heteroatoms. The first-order valence-corrected chi connectivity index (χ1v) is 11.5. The van der Waals surface area contributed by atoms with Crippen molar-refractivity contribution in [3.63, 3.8) is 0 Å². The zero-order valence-electron chi connectivity index (χ0n) is 18.6. The molecule has 4 nitrogen and oxygen atoms in total. The second-order valence-electron chi connectivity index (χ2n) is 8.76. The normalized spacial score (nSPS) is 17.5. The van der Waals surface area contributed by atoms with Gasteiger partial charge in [0.15, 0.2) is 0 Å². The molecule has 0 aliphatic carbocycles. The molecule has 1 atom stereocenters. The number of nitrogens with one attached hydrogen (secondary N) is 2. The maximum absolute atomic E-state index is 13.7. The van der Waals surface area contributed by atoms with Crippen LogP contribution in [0.25, 0.3) is 11.1 Å². The predicted molar refractivity (Wildman–Crippen MR) is 128 cm³/mol. The van der Waals surface area contributed by atoms with E-state index in [1.54, 1.807) is 18.2 Å². The summed E-state index contributed by atoms with van der Waals surface area (Å²) in [6.45, 7) is 0.389. The van der Waals surface area contributed by atoms with Crippen molar-refractivity contribution in [2.45, 2.75) is 44.1 Å². The van der Waals surface area contributed by atoms with Crippen LogP contribution < -0.4 is 10.6 Å². The molecule has 1 aliphatic rings. The Labute approximate surface area is 194 Å². The highest BCUT2D eigenvalue weighted by atomic mass is 19.1. The van der Waals surface area contributed by atoms with Crippen LogP contribution >= 0.6 is 0 Å². The Morgan fingerprint density at radius 1 is 0.939 bits per heavy atom. The minimum Gasteiger partial charge on any atom is -0.356 e. The van der Waals surface area contributed by atoms with E-state index >= 15 is 0 Å². The van der Waals surface area contributed by atoms with Crippen molar-refractivity contribution in [3.8, 4) is 11.1 Å². The van der Waals surface area contributed by atoms with Crippen molar-refractivity contribution in [3.05, 3.63) is 95.8 Å². The van der Waals surface area contributed by atoms with Gasteiger partial charge in [-0.3, -0.25) is 9.59 Å². The summed E-state index contributed by atoms with van der Waals surface area (Å²) in [5.74, 6) is -0.292. The summed E-state index contributed by atoms with van der Waals surface area (Å²) in [5.41, 5.74) is 3.64. The maximum atomic E-state index is 13.7. The van der Waals surface area contributed by atoms with Gasteiger partial charge in [-0.2, -0.15) is 0 Å². The van der Waals surface area contributed by atoms with Crippen LogP contribution in [-0.4, -0.2) is 23.9 Å². The first-order valence-electron chi connectivity index (χ1n) is 11.5. The maximum Gasteiger partial charge on any atom is 0.220 e. The lowest BCUT2D eigenvalue weighted by Crippen LogP contribution is -2.44. The van der Waals surface area contributed by atoms with E-state index in [4.69, 9.17) is 0 Å². The van der Waals surface area contributed by atoms with Gasteiger partial charge < -0.3 is 10.6 Å². The zero-order valence-corrected chi connectivity index (χ0v) is 18.6. The number of rotatable bonds is 9. The van der Waals surface area contributed by atoms with E-state index in [9.17, 15) is 14.0 Å². The standard InChI is InChI=1S/C28H29FN2O2/c29-25-9-5-4-8-24(25)16-19-30-26(32)14-17-28(18-15-27(33)31-28)20-21-10-12-23(13-11-21)22-6-2-1-3-7-22/h1-13H,14-20H2,(H,30,32)(H,31,33)/t28-/m0/s1. The summed E-state index contributed by atoms with van der Waals surface area (Å²) >= 11 is 0. The summed E-state index contributed by atoms with van der Waals surface area (Å²) in [6.07, 6.45) is 3.24. The van der Waals surface area contributed by atoms with Gasteiger partial charge in [-0.1, -0.05) is 72.8 Å². The molecule has 0 aromatic heterocycles. The number of hydrogen-bond acceptors (Lipinski definition) is 2. The van der Waals surface area contributed by atoms with E-state index in [0.717, 1.165) is 17.5 Å². The largest absolute Gasteiger partial charge is 0.356 e. The third kappa shape index (κ3) is 6.07. The minimum absolute atomic E-state index is 0.0378. The predicted octanol–water partition coefficient (Wildman–Crippen LogP) is 4.82. The van der Waals surface area contributed by atoms with Crippen molar-refractivity contribution >= 4 is 11.8 Å². The number of amides is 2. The molecule has 1 aliphatic heterocycles. The number of benzene rings is 3. The lowest BCUT2D eigenvalue weighted by atomic mass is 9.84. The number of halogens is 1. The second kappa shape index (κ2) is 10.4. The fourth-order valence-corrected chi connectivity index (χ4v) is 4.50. The molecule has 2 amide bonds. The molecule has 4 rings (SSSR count). The SMILES string of the molecule is O=C(CC[C@@]1(Cc2ccc(-c3ccccc3)cc2)CCC(=O)N1)NCCc1ccccc1F. The van der Waals surface area contributed by atoms with Gasteiger partial charge in [-0.25, -0.2) is 4.39 Å². The highest BCUT2D eigenvalue weighted by Crippen LogP contribution is 2.30. The van der Waals surface area contributed by atoms with Crippen LogP contribution in [0.3, 0.4) is 0 Å². The molecule has 3 aromatic rings. The van der Waals surface area contributed by atoms with Crippen molar-refractivity contribution in [2.75, 3.05) is 6.54 Å². The molecule has 170 valence electrons. The summed E-state index contributed by atoms with van der Waals surface area (Å²) in [7, 11) is 0. The van der Waals surface area contributed by atoms with Gasteiger partial charge in [0.1, 0.15) is 5.82 Å². The molecule has 0 unspecified atom stereocenters. The van der Waals surface area contributed by atoms with Crippen molar-refractivity contribution < 1.29 is 14.0 Å². The van der Waals surface area contributed by atoms with E-state index < -0.39 is 5.54 Å². The molecule has 0 spiro atoms. The Bertz CT molecular complexity index is 1100. The third-order valence-electron chi connectivity index (χ3n) is 6.34. The quantitative estimate of drug-likeness (QED) is 0.497. The number of carbonyl (C=O) groups excluding carboxylic acids is 2. The van der Waals surface area contributed by atoms with Crippen LogP contribution in [0.4, 0.5) is 4.39 Å². The topological polar surface area (TPSA) is 58.2 Å². The van der Waals surface area contributed by atoms with Gasteiger partial charge in [-0.15, -0.1) is 0 Å². The van der Waals surface area contributed by atoms with Gasteiger partial charge in [0.25, 0.3) is 0 Å². The van der Waals surface area contributed by atoms with E-state index in [1.807, 2.05) is 18.2 Å². The van der Waals surface area contributed by atoms with Crippen LogP contribution in [0, 0.1) is 5.82 Å². The molecule has 1 fully saturated rings. The summed E-state index contributed by atoms with van der Waals surface area (Å²) in [6, 6.07) is 25.2. The molecular weight excluding hydrogens is 415 g/mol. The van der Waals surface area contributed by atoms with Crippen molar-refractivity contribution in [1.29, 1.82) is 0 Å². The van der Waals surface area contributed by atoms with Crippen LogP contribution in [0.1, 0.15) is 36.8 Å².